The molecule has 0 aliphatic carbocycles. The van der Waals surface area contributed by atoms with Gasteiger partial charge in [-0.3, -0.25) is 4.79 Å². The fourth-order valence-corrected chi connectivity index (χ4v) is 2.71. The number of aromatic nitrogens is 1. The lowest BCUT2D eigenvalue weighted by Crippen LogP contribution is -2.09. The van der Waals surface area contributed by atoms with Gasteiger partial charge in [0.25, 0.3) is 0 Å². The zero-order chi connectivity index (χ0) is 12.6. The zero-order valence-electron chi connectivity index (χ0n) is 8.85. The molecule has 1 heterocycles. The molecular formula is C12H8Br2ClNO. The van der Waals surface area contributed by atoms with Crippen molar-refractivity contribution in [1.82, 2.24) is 4.98 Å². The van der Waals surface area contributed by atoms with E-state index in [1.54, 1.807) is 12.1 Å². The van der Waals surface area contributed by atoms with Gasteiger partial charge in [-0.05, 0) is 56.5 Å². The molecule has 1 N–H and O–H groups in total. The molecule has 0 unspecified atom stereocenters. The van der Waals surface area contributed by atoms with Gasteiger partial charge < -0.3 is 4.98 Å². The molecule has 0 bridgehead atoms. The Labute approximate surface area is 120 Å². The molecule has 0 amide bonds. The van der Waals surface area contributed by atoms with E-state index in [-0.39, 0.29) is 5.43 Å². The summed E-state index contributed by atoms with van der Waals surface area (Å²) in [5, 5.41) is 0.668. The van der Waals surface area contributed by atoms with E-state index in [0.717, 1.165) is 17.0 Å². The summed E-state index contributed by atoms with van der Waals surface area (Å²) in [6.07, 6.45) is 0. The van der Waals surface area contributed by atoms with Crippen LogP contribution in [0.5, 0.6) is 0 Å². The van der Waals surface area contributed by atoms with Gasteiger partial charge in [-0.2, -0.15) is 0 Å². The first-order chi connectivity index (χ1) is 8.00. The smallest absolute Gasteiger partial charge is 0.210 e. The Morgan fingerprint density at radius 3 is 2.29 bits per heavy atom. The average Bonchev–Trinajstić information content (AvgIpc) is 2.32. The number of aromatic amines is 1. The second-order valence-corrected chi connectivity index (χ2v) is 5.61. The fraction of sp³-hybridized carbons (Fsp3) is 0.0833. The number of aryl methyl sites for hydroxylation is 1. The van der Waals surface area contributed by atoms with Crippen molar-refractivity contribution in [1.29, 1.82) is 0 Å². The number of rotatable bonds is 1. The van der Waals surface area contributed by atoms with E-state index in [0.29, 0.717) is 14.0 Å². The first kappa shape index (κ1) is 12.9. The topological polar surface area (TPSA) is 32.9 Å². The van der Waals surface area contributed by atoms with E-state index in [9.17, 15) is 4.79 Å². The maximum absolute atomic E-state index is 11.9. The van der Waals surface area contributed by atoms with Gasteiger partial charge in [0.1, 0.15) is 0 Å². The second kappa shape index (κ2) is 4.96. The predicted octanol–water partition coefficient (Wildman–Crippen LogP) is 4.53. The summed E-state index contributed by atoms with van der Waals surface area (Å²) in [7, 11) is 0. The molecule has 2 aromatic rings. The number of hydrogen-bond donors (Lipinski definition) is 1. The van der Waals surface area contributed by atoms with Gasteiger partial charge in [0, 0.05) is 10.7 Å². The Balaban J connectivity index is 2.68. The van der Waals surface area contributed by atoms with Crippen molar-refractivity contribution >= 4 is 43.5 Å². The minimum atomic E-state index is -0.0637. The van der Waals surface area contributed by atoms with Gasteiger partial charge >= 0.3 is 0 Å². The fourth-order valence-electron chi connectivity index (χ4n) is 1.49. The molecule has 0 aliphatic heterocycles. The van der Waals surface area contributed by atoms with Crippen LogP contribution < -0.4 is 5.43 Å². The highest BCUT2D eigenvalue weighted by Crippen LogP contribution is 2.27. The van der Waals surface area contributed by atoms with Crippen molar-refractivity contribution in [2.75, 3.05) is 0 Å². The lowest BCUT2D eigenvalue weighted by molar-refractivity contribution is 1.15. The van der Waals surface area contributed by atoms with Crippen LogP contribution in [0.1, 0.15) is 5.69 Å². The van der Waals surface area contributed by atoms with E-state index in [2.05, 4.69) is 36.8 Å². The lowest BCUT2D eigenvalue weighted by atomic mass is 10.1. The van der Waals surface area contributed by atoms with Crippen molar-refractivity contribution in [2.24, 2.45) is 0 Å². The number of pyridine rings is 1. The van der Waals surface area contributed by atoms with Crippen LogP contribution in [0, 0.1) is 6.92 Å². The van der Waals surface area contributed by atoms with Gasteiger partial charge in [-0.15, -0.1) is 0 Å². The molecule has 0 atom stereocenters. The summed E-state index contributed by atoms with van der Waals surface area (Å²) in [4.78, 5) is 15.1. The van der Waals surface area contributed by atoms with E-state index in [1.807, 2.05) is 19.1 Å². The van der Waals surface area contributed by atoms with Crippen LogP contribution in [-0.2, 0) is 0 Å². The number of halogens is 3. The van der Waals surface area contributed by atoms with Gasteiger partial charge in [0.2, 0.25) is 5.43 Å². The van der Waals surface area contributed by atoms with Crippen LogP contribution in [0.3, 0.4) is 0 Å². The minimum absolute atomic E-state index is 0.0637. The normalized spacial score (nSPS) is 10.6. The molecule has 0 fully saturated rings. The van der Waals surface area contributed by atoms with E-state index in [1.165, 1.54) is 0 Å². The summed E-state index contributed by atoms with van der Waals surface area (Å²) < 4.78 is 1.05. The number of hydrogen-bond acceptors (Lipinski definition) is 1. The quantitative estimate of drug-likeness (QED) is 0.778. The molecule has 2 rings (SSSR count). The first-order valence-corrected chi connectivity index (χ1v) is 6.81. The number of nitrogens with one attached hydrogen (secondary N) is 1. The van der Waals surface area contributed by atoms with Gasteiger partial charge in [-0.25, -0.2) is 0 Å². The van der Waals surface area contributed by atoms with E-state index in [4.69, 9.17) is 11.6 Å². The molecule has 5 heteroatoms. The van der Waals surface area contributed by atoms with Gasteiger partial charge in [0.15, 0.2) is 0 Å². The highest BCUT2D eigenvalue weighted by Gasteiger charge is 2.12. The Morgan fingerprint density at radius 1 is 1.12 bits per heavy atom. The molecule has 0 saturated heterocycles. The molecule has 2 nitrogen and oxygen atoms in total. The minimum Gasteiger partial charge on any atom is -0.357 e. The highest BCUT2D eigenvalue weighted by atomic mass is 79.9. The molecule has 1 aromatic carbocycles. The van der Waals surface area contributed by atoms with E-state index < -0.39 is 0 Å². The Kier molecular flexibility index (Phi) is 3.76. The molecule has 88 valence electrons. The van der Waals surface area contributed by atoms with Crippen LogP contribution >= 0.6 is 43.5 Å². The number of benzene rings is 1. The number of H-pyrrole nitrogens is 1. The third-order valence-corrected chi connectivity index (χ3v) is 4.36. The first-order valence-electron chi connectivity index (χ1n) is 4.84. The SMILES string of the molecule is Cc1[nH]c(-c2ccc(Cl)cc2)c(Br)c(=O)c1Br. The summed E-state index contributed by atoms with van der Waals surface area (Å²) in [5.74, 6) is 0. The predicted molar refractivity (Wildman–Crippen MR) is 77.6 cm³/mol. The zero-order valence-corrected chi connectivity index (χ0v) is 12.8. The lowest BCUT2D eigenvalue weighted by Gasteiger charge is -2.08. The van der Waals surface area contributed by atoms with Crippen LogP contribution in [0.25, 0.3) is 11.3 Å². The molecule has 1 aromatic heterocycles. The molecule has 0 radical (unpaired) electrons. The molecular weight excluding hydrogens is 369 g/mol. The third-order valence-electron chi connectivity index (χ3n) is 2.39. The molecule has 0 spiro atoms. The van der Waals surface area contributed by atoms with Crippen LogP contribution in [0.2, 0.25) is 5.02 Å². The van der Waals surface area contributed by atoms with Gasteiger partial charge in [0.05, 0.1) is 14.6 Å². The summed E-state index contributed by atoms with van der Waals surface area (Å²) in [5.41, 5.74) is 2.40. The van der Waals surface area contributed by atoms with Crippen molar-refractivity contribution < 1.29 is 0 Å². The van der Waals surface area contributed by atoms with Crippen molar-refractivity contribution in [3.05, 3.63) is 54.2 Å². The Morgan fingerprint density at radius 2 is 1.71 bits per heavy atom. The largest absolute Gasteiger partial charge is 0.357 e. The Bertz CT molecular complexity index is 620. The molecule has 0 saturated carbocycles. The van der Waals surface area contributed by atoms with Crippen molar-refractivity contribution in [2.45, 2.75) is 6.92 Å². The van der Waals surface area contributed by atoms with Gasteiger partial charge in [-0.1, -0.05) is 23.7 Å². The Hall–Kier alpha value is -0.580. The summed E-state index contributed by atoms with van der Waals surface area (Å²) >= 11 is 12.4. The second-order valence-electron chi connectivity index (χ2n) is 3.59. The standard InChI is InChI=1S/C12H8Br2ClNO/c1-6-9(13)12(17)10(14)11(16-6)7-2-4-8(15)5-3-7/h2-5H,1H3,(H,16,17). The third kappa shape index (κ3) is 2.49. The monoisotopic (exact) mass is 375 g/mol. The van der Waals surface area contributed by atoms with Crippen molar-refractivity contribution in [3.8, 4) is 11.3 Å². The van der Waals surface area contributed by atoms with Crippen molar-refractivity contribution in [3.63, 3.8) is 0 Å². The van der Waals surface area contributed by atoms with Crippen LogP contribution in [0.4, 0.5) is 0 Å². The summed E-state index contributed by atoms with van der Waals surface area (Å²) in [6.45, 7) is 1.84. The maximum atomic E-state index is 11.9. The van der Waals surface area contributed by atoms with E-state index >= 15 is 0 Å². The summed E-state index contributed by atoms with van der Waals surface area (Å²) in [6, 6.07) is 7.31. The average molecular weight is 377 g/mol. The van der Waals surface area contributed by atoms with Crippen LogP contribution in [0.15, 0.2) is 38.0 Å². The highest BCUT2D eigenvalue weighted by molar-refractivity contribution is 9.11. The molecule has 17 heavy (non-hydrogen) atoms. The molecule has 0 aliphatic rings. The maximum Gasteiger partial charge on any atom is 0.210 e. The van der Waals surface area contributed by atoms with Crippen LogP contribution in [-0.4, -0.2) is 4.98 Å².